The Balaban J connectivity index is 2.46. The first-order valence-electron chi connectivity index (χ1n) is 5.44. The van der Waals surface area contributed by atoms with Gasteiger partial charge in [-0.1, -0.05) is 27.2 Å². The minimum Gasteiger partial charge on any atom is -0.342 e. The SMILES string of the molecule is CCC1CCCN(C(=O)C(C)C)C1. The molecule has 1 amide bonds. The van der Waals surface area contributed by atoms with Gasteiger partial charge >= 0.3 is 0 Å². The van der Waals surface area contributed by atoms with Crippen LogP contribution in [0, 0.1) is 11.8 Å². The molecule has 0 aromatic rings. The third-order valence-electron chi connectivity index (χ3n) is 2.90. The molecule has 0 spiro atoms. The molecule has 1 saturated heterocycles. The maximum Gasteiger partial charge on any atom is 0.225 e. The van der Waals surface area contributed by atoms with Crippen molar-refractivity contribution >= 4 is 5.91 Å². The summed E-state index contributed by atoms with van der Waals surface area (Å²) >= 11 is 0. The van der Waals surface area contributed by atoms with Gasteiger partial charge in [0.2, 0.25) is 5.91 Å². The number of hydrogen-bond acceptors (Lipinski definition) is 1. The van der Waals surface area contributed by atoms with Gasteiger partial charge in [-0.25, -0.2) is 0 Å². The summed E-state index contributed by atoms with van der Waals surface area (Å²) in [6, 6.07) is 0. The van der Waals surface area contributed by atoms with Gasteiger partial charge in [-0.05, 0) is 18.8 Å². The lowest BCUT2D eigenvalue weighted by Gasteiger charge is -2.33. The number of amides is 1. The summed E-state index contributed by atoms with van der Waals surface area (Å²) in [4.78, 5) is 13.7. The van der Waals surface area contributed by atoms with Gasteiger partial charge in [-0.15, -0.1) is 0 Å². The van der Waals surface area contributed by atoms with Crippen LogP contribution in [0.1, 0.15) is 40.0 Å². The van der Waals surface area contributed by atoms with Gasteiger partial charge in [-0.2, -0.15) is 0 Å². The van der Waals surface area contributed by atoms with Crippen LogP contribution in [0.15, 0.2) is 0 Å². The molecule has 1 fully saturated rings. The molecule has 1 aliphatic rings. The van der Waals surface area contributed by atoms with Crippen molar-refractivity contribution in [1.29, 1.82) is 0 Å². The van der Waals surface area contributed by atoms with Crippen molar-refractivity contribution in [3.8, 4) is 0 Å². The number of nitrogens with zero attached hydrogens (tertiary/aromatic N) is 1. The second-order valence-electron chi connectivity index (χ2n) is 4.36. The molecule has 1 unspecified atom stereocenters. The lowest BCUT2D eigenvalue weighted by molar-refractivity contribution is -0.136. The molecule has 2 nitrogen and oxygen atoms in total. The molecular weight excluding hydrogens is 162 g/mol. The van der Waals surface area contributed by atoms with Gasteiger partial charge in [0.1, 0.15) is 0 Å². The van der Waals surface area contributed by atoms with Crippen molar-refractivity contribution in [2.75, 3.05) is 13.1 Å². The lowest BCUT2D eigenvalue weighted by atomic mass is 9.95. The minimum absolute atomic E-state index is 0.163. The first kappa shape index (κ1) is 10.6. The van der Waals surface area contributed by atoms with Crippen LogP contribution in [0.5, 0.6) is 0 Å². The molecule has 1 rings (SSSR count). The third-order valence-corrected chi connectivity index (χ3v) is 2.90. The second kappa shape index (κ2) is 4.64. The van der Waals surface area contributed by atoms with E-state index in [4.69, 9.17) is 0 Å². The summed E-state index contributed by atoms with van der Waals surface area (Å²) in [7, 11) is 0. The molecule has 0 bridgehead atoms. The Hall–Kier alpha value is -0.530. The Bertz CT molecular complexity index is 177. The van der Waals surface area contributed by atoms with Gasteiger partial charge in [0, 0.05) is 19.0 Å². The van der Waals surface area contributed by atoms with Crippen LogP contribution in [0.2, 0.25) is 0 Å². The molecule has 0 saturated carbocycles. The van der Waals surface area contributed by atoms with Gasteiger partial charge in [0.15, 0.2) is 0 Å². The van der Waals surface area contributed by atoms with Gasteiger partial charge in [0.25, 0.3) is 0 Å². The summed E-state index contributed by atoms with van der Waals surface area (Å²) < 4.78 is 0. The van der Waals surface area contributed by atoms with Crippen LogP contribution in [0.3, 0.4) is 0 Å². The quantitative estimate of drug-likeness (QED) is 0.643. The molecule has 76 valence electrons. The highest BCUT2D eigenvalue weighted by Crippen LogP contribution is 2.20. The van der Waals surface area contributed by atoms with Gasteiger partial charge in [-0.3, -0.25) is 4.79 Å². The van der Waals surface area contributed by atoms with E-state index in [1.165, 1.54) is 19.3 Å². The van der Waals surface area contributed by atoms with Crippen LogP contribution in [-0.2, 0) is 4.79 Å². The van der Waals surface area contributed by atoms with E-state index in [2.05, 4.69) is 6.92 Å². The van der Waals surface area contributed by atoms with Crippen LogP contribution in [0.4, 0.5) is 0 Å². The van der Waals surface area contributed by atoms with Crippen molar-refractivity contribution in [3.05, 3.63) is 0 Å². The number of rotatable bonds is 2. The highest BCUT2D eigenvalue weighted by atomic mass is 16.2. The fourth-order valence-electron chi connectivity index (χ4n) is 1.96. The summed E-state index contributed by atoms with van der Waals surface area (Å²) in [5, 5.41) is 0. The second-order valence-corrected chi connectivity index (χ2v) is 4.36. The Morgan fingerprint density at radius 3 is 2.77 bits per heavy atom. The van der Waals surface area contributed by atoms with Crippen LogP contribution < -0.4 is 0 Å². The van der Waals surface area contributed by atoms with E-state index in [1.54, 1.807) is 0 Å². The largest absolute Gasteiger partial charge is 0.342 e. The summed E-state index contributed by atoms with van der Waals surface area (Å²) in [6.45, 7) is 8.16. The van der Waals surface area contributed by atoms with Crippen molar-refractivity contribution < 1.29 is 4.79 Å². The molecular formula is C11H21NO. The zero-order valence-corrected chi connectivity index (χ0v) is 9.05. The van der Waals surface area contributed by atoms with Crippen molar-refractivity contribution in [2.45, 2.75) is 40.0 Å². The molecule has 13 heavy (non-hydrogen) atoms. The van der Waals surface area contributed by atoms with Crippen LogP contribution in [-0.4, -0.2) is 23.9 Å². The zero-order valence-electron chi connectivity index (χ0n) is 9.05. The molecule has 1 aliphatic heterocycles. The predicted octanol–water partition coefficient (Wildman–Crippen LogP) is 2.29. The monoisotopic (exact) mass is 183 g/mol. The molecule has 0 aromatic heterocycles. The average Bonchev–Trinajstić information content (AvgIpc) is 2.16. The van der Waals surface area contributed by atoms with E-state index < -0.39 is 0 Å². The van der Waals surface area contributed by atoms with E-state index in [9.17, 15) is 4.79 Å². The number of piperidine rings is 1. The van der Waals surface area contributed by atoms with Crippen LogP contribution >= 0.6 is 0 Å². The lowest BCUT2D eigenvalue weighted by Crippen LogP contribution is -2.41. The Morgan fingerprint density at radius 1 is 1.54 bits per heavy atom. The Kier molecular flexibility index (Phi) is 3.76. The standard InChI is InChI=1S/C11H21NO/c1-4-10-6-5-7-12(8-10)11(13)9(2)3/h9-10H,4-8H2,1-3H3. The smallest absolute Gasteiger partial charge is 0.225 e. The first-order valence-corrected chi connectivity index (χ1v) is 5.44. The molecule has 0 radical (unpaired) electrons. The van der Waals surface area contributed by atoms with Crippen molar-refractivity contribution in [1.82, 2.24) is 4.90 Å². The van der Waals surface area contributed by atoms with Gasteiger partial charge in [0.05, 0.1) is 0 Å². The van der Waals surface area contributed by atoms with E-state index >= 15 is 0 Å². The average molecular weight is 183 g/mol. The summed E-state index contributed by atoms with van der Waals surface area (Å²) in [5.74, 6) is 1.24. The van der Waals surface area contributed by atoms with Crippen LogP contribution in [0.25, 0.3) is 0 Å². The first-order chi connectivity index (χ1) is 6.15. The van der Waals surface area contributed by atoms with E-state index in [1.807, 2.05) is 18.7 Å². The van der Waals surface area contributed by atoms with E-state index in [-0.39, 0.29) is 5.92 Å². The number of carbonyl (C=O) groups is 1. The summed E-state index contributed by atoms with van der Waals surface area (Å²) in [5.41, 5.74) is 0. The normalized spacial score (nSPS) is 23.7. The van der Waals surface area contributed by atoms with Crippen molar-refractivity contribution in [2.24, 2.45) is 11.8 Å². The predicted molar refractivity (Wildman–Crippen MR) is 54.4 cm³/mol. The maximum atomic E-state index is 11.7. The third kappa shape index (κ3) is 2.71. The molecule has 0 aliphatic carbocycles. The Labute approximate surface area is 81.3 Å². The molecule has 1 atom stereocenters. The highest BCUT2D eigenvalue weighted by Gasteiger charge is 2.23. The van der Waals surface area contributed by atoms with E-state index in [0.29, 0.717) is 5.91 Å². The molecule has 0 N–H and O–H groups in total. The van der Waals surface area contributed by atoms with Crippen molar-refractivity contribution in [3.63, 3.8) is 0 Å². The zero-order chi connectivity index (χ0) is 9.84. The molecule has 2 heteroatoms. The maximum absolute atomic E-state index is 11.7. The summed E-state index contributed by atoms with van der Waals surface area (Å²) in [6.07, 6.45) is 3.71. The number of carbonyl (C=O) groups excluding carboxylic acids is 1. The topological polar surface area (TPSA) is 20.3 Å². The molecule has 0 aromatic carbocycles. The minimum atomic E-state index is 0.163. The fourth-order valence-corrected chi connectivity index (χ4v) is 1.96. The fraction of sp³-hybridized carbons (Fsp3) is 0.909. The highest BCUT2D eigenvalue weighted by molar-refractivity contribution is 5.78. The van der Waals surface area contributed by atoms with E-state index in [0.717, 1.165) is 19.0 Å². The molecule has 1 heterocycles. The Morgan fingerprint density at radius 2 is 2.23 bits per heavy atom. The van der Waals surface area contributed by atoms with Gasteiger partial charge < -0.3 is 4.90 Å². The number of hydrogen-bond donors (Lipinski definition) is 0. The number of likely N-dealkylation sites (tertiary alicyclic amines) is 1.